The Bertz CT molecular complexity index is 1220. The summed E-state index contributed by atoms with van der Waals surface area (Å²) in [4.78, 5) is 51.2. The van der Waals surface area contributed by atoms with E-state index in [1.165, 1.54) is 32.3 Å². The van der Waals surface area contributed by atoms with E-state index in [1.807, 2.05) is 0 Å². The number of primary amides is 1. The molecule has 0 saturated carbocycles. The van der Waals surface area contributed by atoms with Crippen molar-refractivity contribution in [3.63, 3.8) is 0 Å². The molecule has 0 aromatic carbocycles. The number of fused-ring (bicyclic) bond motifs is 2. The zero-order valence-corrected chi connectivity index (χ0v) is 25.1. The second kappa shape index (κ2) is 16.3. The smallest absolute Gasteiger partial charge is 0.405 e. The third-order valence-corrected chi connectivity index (χ3v) is 7.24. The summed E-state index contributed by atoms with van der Waals surface area (Å²) in [5, 5.41) is 46.0. The molecule has 1 aliphatic carbocycles. The highest BCUT2D eigenvalue weighted by atomic mass is 16.6. The molecule has 2 amide bonds. The minimum atomic E-state index is -1.25. The SMILES string of the molecule is CO[C@H]1/C=C\C=C(/C)C(=O)NC2=CC(=O)C(NCC(O)CO)=C(C[C@@H](C)C[C@H](O)[C@H](O)[C@@H](C)/C=C(\C)[C@@H]1OC(N)=O)C2=O. The van der Waals surface area contributed by atoms with Crippen molar-refractivity contribution in [1.29, 1.82) is 0 Å². The number of carbonyl (C=O) groups is 4. The van der Waals surface area contributed by atoms with Crippen LogP contribution < -0.4 is 16.4 Å². The van der Waals surface area contributed by atoms with Gasteiger partial charge in [-0.1, -0.05) is 38.2 Å². The lowest BCUT2D eigenvalue weighted by Gasteiger charge is -2.28. The zero-order chi connectivity index (χ0) is 32.4. The minimum Gasteiger partial charge on any atom is -0.439 e. The lowest BCUT2D eigenvalue weighted by molar-refractivity contribution is -0.120. The Morgan fingerprint density at radius 2 is 1.88 bits per heavy atom. The number of aliphatic hydroxyl groups is 4. The van der Waals surface area contributed by atoms with Crippen LogP contribution in [0.1, 0.15) is 40.5 Å². The lowest BCUT2D eigenvalue weighted by atomic mass is 9.85. The van der Waals surface area contributed by atoms with E-state index in [9.17, 15) is 34.5 Å². The third-order valence-electron chi connectivity index (χ3n) is 7.24. The van der Waals surface area contributed by atoms with Crippen LogP contribution in [0, 0.1) is 11.8 Å². The first-order chi connectivity index (χ1) is 20.2. The maximum Gasteiger partial charge on any atom is 0.405 e. The summed E-state index contributed by atoms with van der Waals surface area (Å²) in [7, 11) is 1.39. The van der Waals surface area contributed by atoms with Gasteiger partial charge in [-0.25, -0.2) is 4.79 Å². The molecular weight excluding hydrogens is 562 g/mol. The van der Waals surface area contributed by atoms with Gasteiger partial charge in [-0.2, -0.15) is 0 Å². The number of nitrogens with two attached hydrogens (primary N) is 1. The molecule has 2 aliphatic rings. The molecule has 0 aromatic heterocycles. The van der Waals surface area contributed by atoms with Gasteiger partial charge in [0.05, 0.1) is 36.3 Å². The minimum absolute atomic E-state index is 0.00995. The molecule has 0 saturated heterocycles. The van der Waals surface area contributed by atoms with Crippen molar-refractivity contribution in [2.75, 3.05) is 20.3 Å². The van der Waals surface area contributed by atoms with Gasteiger partial charge < -0.3 is 46.3 Å². The Labute approximate surface area is 250 Å². The maximum atomic E-state index is 13.5. The molecule has 2 bridgehead atoms. The number of amides is 2. The molecule has 0 spiro atoms. The lowest BCUT2D eigenvalue weighted by Crippen LogP contribution is -2.39. The van der Waals surface area contributed by atoms with Crippen LogP contribution in [0.15, 0.2) is 58.5 Å². The summed E-state index contributed by atoms with van der Waals surface area (Å²) in [5.74, 6) is -2.95. The first-order valence-electron chi connectivity index (χ1n) is 14.0. The second-order valence-electron chi connectivity index (χ2n) is 10.9. The summed E-state index contributed by atoms with van der Waals surface area (Å²) in [6, 6.07) is 0. The fourth-order valence-electron chi connectivity index (χ4n) is 4.85. The molecule has 8 N–H and O–H groups in total. The van der Waals surface area contributed by atoms with E-state index in [0.717, 1.165) is 6.08 Å². The summed E-state index contributed by atoms with van der Waals surface area (Å²) >= 11 is 0. The molecule has 13 heteroatoms. The van der Waals surface area contributed by atoms with E-state index in [0.29, 0.717) is 5.57 Å². The van der Waals surface area contributed by atoms with Crippen molar-refractivity contribution in [3.8, 4) is 0 Å². The Kier molecular flexibility index (Phi) is 13.5. The topological polar surface area (TPSA) is 218 Å². The Balaban J connectivity index is 2.58. The number of hydrogen-bond acceptors (Lipinski definition) is 11. The van der Waals surface area contributed by atoms with Crippen LogP contribution in [0.3, 0.4) is 0 Å². The number of aliphatic hydroxyl groups excluding tert-OH is 4. The standard InChI is InChI=1S/C30H43N3O10/c1-15-9-20-25(32-13-19(35)14-34)22(36)12-21(27(20)39)33-29(40)16(2)7-6-8-24(42-5)28(43-30(31)41)18(4)11-17(3)26(38)23(37)10-15/h6-8,11-12,15,17,19,23-24,26,28,32,34-35,37-38H,9-10,13-14H2,1-5H3,(H2,31,41)(H,33,40)/b8-6-,16-7+,18-11+/t15-,17+,19?,23+,24+,26-,28+/m1/s1. The van der Waals surface area contributed by atoms with Crippen LogP contribution in [-0.4, -0.2) is 94.8 Å². The molecule has 1 heterocycles. The zero-order valence-electron chi connectivity index (χ0n) is 25.1. The predicted molar refractivity (Wildman–Crippen MR) is 156 cm³/mol. The largest absolute Gasteiger partial charge is 0.439 e. The number of ether oxygens (including phenoxy) is 2. The Morgan fingerprint density at radius 3 is 2.49 bits per heavy atom. The molecule has 2 rings (SSSR count). The number of ketones is 2. The Hall–Kier alpha value is -3.62. The van der Waals surface area contributed by atoms with Gasteiger partial charge in [0.15, 0.2) is 6.10 Å². The van der Waals surface area contributed by atoms with Crippen LogP contribution in [0.4, 0.5) is 4.79 Å². The van der Waals surface area contributed by atoms with Crippen molar-refractivity contribution >= 4 is 23.6 Å². The first kappa shape index (κ1) is 35.6. The molecule has 1 unspecified atom stereocenters. The number of carbonyl (C=O) groups excluding carboxylic acids is 4. The van der Waals surface area contributed by atoms with E-state index in [-0.39, 0.29) is 41.9 Å². The third kappa shape index (κ3) is 9.97. The summed E-state index contributed by atoms with van der Waals surface area (Å²) in [6.07, 6.45) is 0.551. The van der Waals surface area contributed by atoms with Crippen molar-refractivity contribution < 1.29 is 49.1 Å². The Morgan fingerprint density at radius 1 is 1.21 bits per heavy atom. The fraction of sp³-hybridized carbons (Fsp3) is 0.533. The van der Waals surface area contributed by atoms with Gasteiger partial charge in [-0.15, -0.1) is 0 Å². The molecular formula is C30H43N3O10. The van der Waals surface area contributed by atoms with Crippen LogP contribution in [-0.2, 0) is 23.9 Å². The molecule has 13 nitrogen and oxygen atoms in total. The van der Waals surface area contributed by atoms with E-state index in [2.05, 4.69) is 10.6 Å². The molecule has 238 valence electrons. The molecule has 1 aliphatic heterocycles. The number of nitrogens with one attached hydrogen (secondary N) is 2. The van der Waals surface area contributed by atoms with Crippen LogP contribution >= 0.6 is 0 Å². The van der Waals surface area contributed by atoms with Gasteiger partial charge in [0.2, 0.25) is 11.6 Å². The van der Waals surface area contributed by atoms with Crippen molar-refractivity contribution in [2.45, 2.75) is 71.1 Å². The molecule has 7 atom stereocenters. The summed E-state index contributed by atoms with van der Waals surface area (Å²) < 4.78 is 10.8. The van der Waals surface area contributed by atoms with Crippen LogP contribution in [0.5, 0.6) is 0 Å². The molecule has 0 fully saturated rings. The highest BCUT2D eigenvalue weighted by Crippen LogP contribution is 2.28. The number of rotatable bonds is 6. The average molecular weight is 606 g/mol. The predicted octanol–water partition coefficient (Wildman–Crippen LogP) is 0.0507. The van der Waals surface area contributed by atoms with Gasteiger partial charge >= 0.3 is 6.09 Å². The van der Waals surface area contributed by atoms with E-state index in [4.69, 9.17) is 20.3 Å². The van der Waals surface area contributed by atoms with Crippen molar-refractivity contribution in [2.24, 2.45) is 17.6 Å². The fourth-order valence-corrected chi connectivity index (χ4v) is 4.85. The van der Waals surface area contributed by atoms with Gasteiger partial charge in [-0.05, 0) is 38.2 Å². The van der Waals surface area contributed by atoms with Crippen molar-refractivity contribution in [3.05, 3.63) is 58.5 Å². The highest BCUT2D eigenvalue weighted by Gasteiger charge is 2.33. The van der Waals surface area contributed by atoms with Gasteiger partial charge in [0, 0.05) is 36.8 Å². The molecule has 43 heavy (non-hydrogen) atoms. The number of allylic oxidation sites excluding steroid dienone is 4. The maximum absolute atomic E-state index is 13.5. The highest BCUT2D eigenvalue weighted by molar-refractivity contribution is 6.23. The monoisotopic (exact) mass is 605 g/mol. The quantitative estimate of drug-likeness (QED) is 0.158. The van der Waals surface area contributed by atoms with E-state index < -0.39 is 72.5 Å². The summed E-state index contributed by atoms with van der Waals surface area (Å²) in [5.41, 5.74) is 5.66. The van der Waals surface area contributed by atoms with Gasteiger partial charge in [0.25, 0.3) is 5.91 Å². The second-order valence-corrected chi connectivity index (χ2v) is 10.9. The van der Waals surface area contributed by atoms with Gasteiger partial charge in [-0.3, -0.25) is 14.4 Å². The first-order valence-corrected chi connectivity index (χ1v) is 14.0. The number of Topliss-reactive ketones (excluding diaryl/α,β-unsaturated/α-hetero) is 1. The summed E-state index contributed by atoms with van der Waals surface area (Å²) in [6.45, 7) is 5.78. The number of methoxy groups -OCH3 is 1. The molecule has 0 aromatic rings. The van der Waals surface area contributed by atoms with Crippen molar-refractivity contribution in [1.82, 2.24) is 10.6 Å². The van der Waals surface area contributed by atoms with E-state index in [1.54, 1.807) is 26.8 Å². The van der Waals surface area contributed by atoms with Gasteiger partial charge in [0.1, 0.15) is 6.10 Å². The van der Waals surface area contributed by atoms with Crippen LogP contribution in [0.25, 0.3) is 0 Å². The number of hydrogen-bond donors (Lipinski definition) is 7. The average Bonchev–Trinajstić information content (AvgIpc) is 2.94. The van der Waals surface area contributed by atoms with Crippen LogP contribution in [0.2, 0.25) is 0 Å². The van der Waals surface area contributed by atoms with E-state index >= 15 is 0 Å². The molecule has 0 radical (unpaired) electrons. The normalized spacial score (nSPS) is 32.0.